The fourth-order valence-corrected chi connectivity index (χ4v) is 3.72. The minimum atomic E-state index is -0.750. The van der Waals surface area contributed by atoms with Gasteiger partial charge in [0.05, 0.1) is 13.0 Å². The van der Waals surface area contributed by atoms with Crippen LogP contribution in [-0.4, -0.2) is 29.3 Å². The molecular formula is C24H38O5. The molecule has 29 heavy (non-hydrogen) atoms. The second-order valence-electron chi connectivity index (χ2n) is 9.65. The zero-order chi connectivity index (χ0) is 21.9. The first-order valence-electron chi connectivity index (χ1n) is 10.6. The first-order valence-corrected chi connectivity index (χ1v) is 10.6. The predicted octanol–water partition coefficient (Wildman–Crippen LogP) is 5.52. The van der Waals surface area contributed by atoms with Gasteiger partial charge < -0.3 is 14.9 Å². The van der Waals surface area contributed by atoms with Gasteiger partial charge in [-0.25, -0.2) is 0 Å². The molecule has 2 N–H and O–H groups in total. The van der Waals surface area contributed by atoms with Crippen LogP contribution in [0, 0.1) is 10.8 Å². The number of para-hydroxylation sites is 1. The number of aromatic hydroxyl groups is 1. The molecule has 1 aromatic carbocycles. The smallest absolute Gasteiger partial charge is 0.303 e. The van der Waals surface area contributed by atoms with Crippen LogP contribution < -0.4 is 0 Å². The predicted molar refractivity (Wildman–Crippen MR) is 115 cm³/mol. The quantitative estimate of drug-likeness (QED) is 0.296. The summed E-state index contributed by atoms with van der Waals surface area (Å²) < 4.78 is 4.89. The van der Waals surface area contributed by atoms with Gasteiger partial charge in [-0.15, -0.1) is 0 Å². The minimum absolute atomic E-state index is 0.0286. The molecule has 0 aliphatic heterocycles. The van der Waals surface area contributed by atoms with E-state index in [0.717, 1.165) is 62.5 Å². The second-order valence-corrected chi connectivity index (χ2v) is 9.65. The van der Waals surface area contributed by atoms with Gasteiger partial charge in [0.15, 0.2) is 0 Å². The average Bonchev–Trinajstić information content (AvgIpc) is 2.62. The van der Waals surface area contributed by atoms with Gasteiger partial charge >= 0.3 is 5.97 Å². The van der Waals surface area contributed by atoms with Gasteiger partial charge in [0, 0.05) is 0 Å². The van der Waals surface area contributed by atoms with E-state index in [1.807, 2.05) is 32.0 Å². The molecule has 0 bridgehead atoms. The Labute approximate surface area is 175 Å². The molecule has 0 radical (unpaired) electrons. The van der Waals surface area contributed by atoms with Crippen LogP contribution in [0.15, 0.2) is 18.2 Å². The number of carboxylic acid groups (broad SMARTS) is 1. The number of rotatable bonds is 15. The Balaban J connectivity index is 2.44. The SMILES string of the molecule is CC(C)(CCCCc1cccc(CCCCC(C)(C)CC(=O)O)c1O)COC=O. The Hall–Kier alpha value is -2.04. The number of carbonyl (C=O) groups excluding carboxylic acids is 1. The van der Waals surface area contributed by atoms with Gasteiger partial charge in [-0.05, 0) is 60.5 Å². The standard InChI is InChI=1S/C24H38O5/c1-23(2,16-21(26)27)14-7-5-10-19-12-9-13-20(22(19)28)11-6-8-15-24(3,4)17-29-18-25/h9,12-13,18,28H,5-8,10-11,14-17H2,1-4H3,(H,26,27). The summed E-state index contributed by atoms with van der Waals surface area (Å²) >= 11 is 0. The highest BCUT2D eigenvalue weighted by molar-refractivity contribution is 5.67. The molecule has 0 aromatic heterocycles. The van der Waals surface area contributed by atoms with E-state index in [0.29, 0.717) is 18.8 Å². The topological polar surface area (TPSA) is 83.8 Å². The number of carboxylic acids is 1. The van der Waals surface area contributed by atoms with Crippen molar-refractivity contribution in [3.8, 4) is 5.75 Å². The Morgan fingerprint density at radius 2 is 1.48 bits per heavy atom. The van der Waals surface area contributed by atoms with Crippen LogP contribution in [0.5, 0.6) is 5.75 Å². The molecule has 0 heterocycles. The van der Waals surface area contributed by atoms with Crippen molar-refractivity contribution in [3.05, 3.63) is 29.3 Å². The molecular weight excluding hydrogens is 368 g/mol. The first-order chi connectivity index (χ1) is 13.6. The number of aliphatic carboxylic acids is 1. The lowest BCUT2D eigenvalue weighted by molar-refractivity contribution is -0.139. The van der Waals surface area contributed by atoms with Crippen molar-refractivity contribution >= 4 is 12.4 Å². The summed E-state index contributed by atoms with van der Waals surface area (Å²) in [5.74, 6) is -0.346. The lowest BCUT2D eigenvalue weighted by Gasteiger charge is -2.23. The lowest BCUT2D eigenvalue weighted by Crippen LogP contribution is -2.18. The summed E-state index contributed by atoms with van der Waals surface area (Å²) in [4.78, 5) is 21.3. The van der Waals surface area contributed by atoms with Gasteiger partial charge in [0.1, 0.15) is 5.75 Å². The molecule has 5 nitrogen and oxygen atoms in total. The number of benzene rings is 1. The number of hydrogen-bond donors (Lipinski definition) is 2. The molecule has 0 spiro atoms. The highest BCUT2D eigenvalue weighted by atomic mass is 16.5. The second kappa shape index (κ2) is 11.8. The molecule has 0 fully saturated rings. The van der Waals surface area contributed by atoms with Gasteiger partial charge in [0.25, 0.3) is 6.47 Å². The molecule has 0 saturated carbocycles. The van der Waals surface area contributed by atoms with Crippen LogP contribution in [0.4, 0.5) is 0 Å². The van der Waals surface area contributed by atoms with E-state index in [1.54, 1.807) is 0 Å². The van der Waals surface area contributed by atoms with Gasteiger partial charge in [-0.1, -0.05) is 58.7 Å². The Morgan fingerprint density at radius 1 is 0.966 bits per heavy atom. The van der Waals surface area contributed by atoms with E-state index < -0.39 is 5.97 Å². The summed E-state index contributed by atoms with van der Waals surface area (Å²) in [6, 6.07) is 5.96. The number of carbonyl (C=O) groups is 2. The highest BCUT2D eigenvalue weighted by Crippen LogP contribution is 2.30. The first kappa shape index (κ1) is 25.0. The third kappa shape index (κ3) is 10.3. The molecule has 164 valence electrons. The fourth-order valence-electron chi connectivity index (χ4n) is 3.72. The van der Waals surface area contributed by atoms with E-state index in [4.69, 9.17) is 9.84 Å². The van der Waals surface area contributed by atoms with Crippen molar-refractivity contribution in [2.75, 3.05) is 6.61 Å². The maximum Gasteiger partial charge on any atom is 0.303 e. The third-order valence-electron chi connectivity index (χ3n) is 5.47. The van der Waals surface area contributed by atoms with Gasteiger partial charge in [-0.3, -0.25) is 9.59 Å². The van der Waals surface area contributed by atoms with Crippen LogP contribution >= 0.6 is 0 Å². The van der Waals surface area contributed by atoms with Crippen LogP contribution in [0.1, 0.15) is 83.8 Å². The van der Waals surface area contributed by atoms with E-state index in [2.05, 4.69) is 13.8 Å². The number of ether oxygens (including phenoxy) is 1. The van der Waals surface area contributed by atoms with Crippen molar-refractivity contribution in [2.24, 2.45) is 10.8 Å². The van der Waals surface area contributed by atoms with Crippen molar-refractivity contribution < 1.29 is 24.5 Å². The molecule has 0 amide bonds. The Bertz CT molecular complexity index is 649. The van der Waals surface area contributed by atoms with Gasteiger partial charge in [0.2, 0.25) is 0 Å². The largest absolute Gasteiger partial charge is 0.507 e. The number of aryl methyl sites for hydroxylation is 2. The zero-order valence-electron chi connectivity index (χ0n) is 18.5. The third-order valence-corrected chi connectivity index (χ3v) is 5.47. The van der Waals surface area contributed by atoms with Crippen LogP contribution in [0.25, 0.3) is 0 Å². The zero-order valence-corrected chi connectivity index (χ0v) is 18.5. The molecule has 0 saturated heterocycles. The van der Waals surface area contributed by atoms with Crippen molar-refractivity contribution in [3.63, 3.8) is 0 Å². The molecule has 1 aromatic rings. The van der Waals surface area contributed by atoms with Crippen LogP contribution in [-0.2, 0) is 27.2 Å². The molecule has 0 aliphatic rings. The molecule has 1 rings (SSSR count). The van der Waals surface area contributed by atoms with E-state index in [9.17, 15) is 14.7 Å². The summed E-state index contributed by atoms with van der Waals surface area (Å²) in [7, 11) is 0. The minimum Gasteiger partial charge on any atom is -0.507 e. The monoisotopic (exact) mass is 406 g/mol. The maximum atomic E-state index is 10.9. The number of phenolic OH excluding ortho intramolecular Hbond substituents is 1. The highest BCUT2D eigenvalue weighted by Gasteiger charge is 2.21. The van der Waals surface area contributed by atoms with Crippen molar-refractivity contribution in [1.29, 1.82) is 0 Å². The molecule has 5 heteroatoms. The van der Waals surface area contributed by atoms with E-state index in [-0.39, 0.29) is 17.3 Å². The number of hydrogen-bond acceptors (Lipinski definition) is 4. The Kier molecular flexibility index (Phi) is 10.2. The summed E-state index contributed by atoms with van der Waals surface area (Å²) in [6.45, 7) is 9.09. The van der Waals surface area contributed by atoms with E-state index in [1.165, 1.54) is 0 Å². The van der Waals surface area contributed by atoms with Gasteiger partial charge in [-0.2, -0.15) is 0 Å². The Morgan fingerprint density at radius 3 is 1.97 bits per heavy atom. The van der Waals surface area contributed by atoms with Crippen LogP contribution in [0.3, 0.4) is 0 Å². The lowest BCUT2D eigenvalue weighted by atomic mass is 9.83. The molecule has 0 atom stereocenters. The fraction of sp³-hybridized carbons (Fsp3) is 0.667. The van der Waals surface area contributed by atoms with Crippen molar-refractivity contribution in [2.45, 2.75) is 85.5 Å². The molecule has 0 aliphatic carbocycles. The van der Waals surface area contributed by atoms with Crippen molar-refractivity contribution in [1.82, 2.24) is 0 Å². The van der Waals surface area contributed by atoms with Crippen LogP contribution in [0.2, 0.25) is 0 Å². The van der Waals surface area contributed by atoms with E-state index >= 15 is 0 Å². The maximum absolute atomic E-state index is 10.9. The summed E-state index contributed by atoms with van der Waals surface area (Å²) in [5.41, 5.74) is 1.73. The number of phenols is 1. The molecule has 0 unspecified atom stereocenters. The normalized spacial score (nSPS) is 12.0. The summed E-state index contributed by atoms with van der Waals surface area (Å²) in [5, 5.41) is 19.6. The average molecular weight is 407 g/mol. The summed E-state index contributed by atoms with van der Waals surface area (Å²) in [6.07, 6.45) is 7.52. The number of unbranched alkanes of at least 4 members (excludes halogenated alkanes) is 2.